The molecule has 0 unspecified atom stereocenters. The Balaban J connectivity index is 4.30. The van der Waals surface area contributed by atoms with Crippen molar-refractivity contribution in [2.75, 3.05) is 6.54 Å². The molecule has 0 radical (unpaired) electrons. The summed E-state index contributed by atoms with van der Waals surface area (Å²) >= 11 is 0. The van der Waals surface area contributed by atoms with E-state index < -0.39 is 10.0 Å². The molecular formula is C13H26N2O2S. The fourth-order valence-electron chi connectivity index (χ4n) is 1.82. The average Bonchev–Trinajstić information content (AvgIpc) is 2.34. The molecule has 0 aromatic carbocycles. The van der Waals surface area contributed by atoms with E-state index in [1.54, 1.807) is 0 Å². The van der Waals surface area contributed by atoms with Crippen LogP contribution in [0.4, 0.5) is 0 Å². The number of rotatable bonds is 11. The van der Waals surface area contributed by atoms with Crippen LogP contribution in [0.2, 0.25) is 0 Å². The van der Waals surface area contributed by atoms with Crippen LogP contribution in [0.25, 0.3) is 0 Å². The van der Waals surface area contributed by atoms with Gasteiger partial charge in [0.05, 0.1) is 11.3 Å². The summed E-state index contributed by atoms with van der Waals surface area (Å²) < 4.78 is 26.9. The molecule has 0 fully saturated rings. The zero-order valence-electron chi connectivity index (χ0n) is 11.6. The lowest BCUT2D eigenvalue weighted by molar-refractivity contribution is 0.528. The molecule has 0 amide bonds. The van der Waals surface area contributed by atoms with Gasteiger partial charge in [0, 0.05) is 13.0 Å². The Morgan fingerprint density at radius 2 is 1.67 bits per heavy atom. The maximum Gasteiger partial charge on any atom is 0.214 e. The summed E-state index contributed by atoms with van der Waals surface area (Å²) in [4.78, 5) is 0. The Morgan fingerprint density at radius 1 is 1.11 bits per heavy atom. The van der Waals surface area contributed by atoms with E-state index in [1.165, 1.54) is 0 Å². The zero-order valence-corrected chi connectivity index (χ0v) is 12.4. The molecule has 106 valence electrons. The minimum Gasteiger partial charge on any atom is -0.215 e. The molecule has 4 nitrogen and oxygen atoms in total. The monoisotopic (exact) mass is 274 g/mol. The molecule has 0 aliphatic carbocycles. The highest BCUT2D eigenvalue weighted by molar-refractivity contribution is 7.90. The van der Waals surface area contributed by atoms with E-state index in [-0.39, 0.29) is 5.25 Å². The highest BCUT2D eigenvalue weighted by atomic mass is 32.2. The predicted molar refractivity (Wildman–Crippen MR) is 74.6 cm³/mol. The number of nitrogens with one attached hydrogen (secondary N) is 1. The van der Waals surface area contributed by atoms with Crippen molar-refractivity contribution in [1.82, 2.24) is 4.72 Å². The molecule has 18 heavy (non-hydrogen) atoms. The van der Waals surface area contributed by atoms with Gasteiger partial charge in [0.15, 0.2) is 0 Å². The molecule has 0 rings (SSSR count). The van der Waals surface area contributed by atoms with E-state index in [4.69, 9.17) is 5.26 Å². The molecule has 0 spiro atoms. The molecular weight excluding hydrogens is 248 g/mol. The predicted octanol–water partition coefficient (Wildman–Crippen LogP) is 2.96. The maximum atomic E-state index is 12.1. The summed E-state index contributed by atoms with van der Waals surface area (Å²) in [7, 11) is -3.21. The van der Waals surface area contributed by atoms with Gasteiger partial charge in [0.2, 0.25) is 10.0 Å². The van der Waals surface area contributed by atoms with Crippen LogP contribution in [0, 0.1) is 11.3 Å². The number of hydrogen-bond donors (Lipinski definition) is 1. The van der Waals surface area contributed by atoms with Crippen molar-refractivity contribution in [3.63, 3.8) is 0 Å². The second kappa shape index (κ2) is 10.3. The molecule has 0 bridgehead atoms. The van der Waals surface area contributed by atoms with Crippen LogP contribution in [0.1, 0.15) is 65.2 Å². The van der Waals surface area contributed by atoms with Gasteiger partial charge in [-0.1, -0.05) is 39.5 Å². The van der Waals surface area contributed by atoms with Crippen LogP contribution in [-0.4, -0.2) is 20.2 Å². The van der Waals surface area contributed by atoms with E-state index in [0.29, 0.717) is 19.4 Å². The van der Waals surface area contributed by atoms with Gasteiger partial charge in [-0.25, -0.2) is 13.1 Å². The summed E-state index contributed by atoms with van der Waals surface area (Å²) in [5, 5.41) is 8.15. The molecule has 0 aromatic heterocycles. The topological polar surface area (TPSA) is 70.0 Å². The number of nitrogens with zero attached hydrogens (tertiary/aromatic N) is 1. The number of unbranched alkanes of at least 4 members (excludes halogenated alkanes) is 3. The van der Waals surface area contributed by atoms with Crippen molar-refractivity contribution in [2.24, 2.45) is 0 Å². The number of sulfonamides is 1. The first-order valence-corrected chi connectivity index (χ1v) is 8.48. The van der Waals surface area contributed by atoms with Crippen LogP contribution in [0.15, 0.2) is 0 Å². The van der Waals surface area contributed by atoms with Gasteiger partial charge < -0.3 is 0 Å². The molecule has 5 heteroatoms. The number of nitriles is 1. The standard InChI is InChI=1S/C13H26N2O2S/c1-3-5-9-13(10-6-4-2)18(16,17)15-12-8-7-11-14/h13,15H,3-10,12H2,1-2H3. The summed E-state index contributed by atoms with van der Waals surface area (Å²) in [5.74, 6) is 0. The Labute approximate surface area is 112 Å². The highest BCUT2D eigenvalue weighted by Crippen LogP contribution is 2.16. The quantitative estimate of drug-likeness (QED) is 0.589. The van der Waals surface area contributed by atoms with Crippen molar-refractivity contribution in [3.8, 4) is 6.07 Å². The SMILES string of the molecule is CCCCC(CCCC)S(=O)(=O)NCCCC#N. The van der Waals surface area contributed by atoms with Gasteiger partial charge in [-0.15, -0.1) is 0 Å². The summed E-state index contributed by atoms with van der Waals surface area (Å²) in [5.41, 5.74) is 0. The molecule has 1 N–H and O–H groups in total. The van der Waals surface area contributed by atoms with Gasteiger partial charge in [-0.05, 0) is 19.3 Å². The van der Waals surface area contributed by atoms with Crippen LogP contribution in [0.5, 0.6) is 0 Å². The molecule has 0 heterocycles. The second-order valence-electron chi connectivity index (χ2n) is 4.61. The minimum atomic E-state index is -3.21. The maximum absolute atomic E-state index is 12.1. The third kappa shape index (κ3) is 7.67. The van der Waals surface area contributed by atoms with Gasteiger partial charge in [-0.2, -0.15) is 5.26 Å². The number of hydrogen-bond acceptors (Lipinski definition) is 3. The van der Waals surface area contributed by atoms with Crippen LogP contribution >= 0.6 is 0 Å². The van der Waals surface area contributed by atoms with Crippen LogP contribution in [0.3, 0.4) is 0 Å². The molecule has 0 saturated carbocycles. The lowest BCUT2D eigenvalue weighted by Gasteiger charge is -2.17. The largest absolute Gasteiger partial charge is 0.215 e. The van der Waals surface area contributed by atoms with Gasteiger partial charge in [0.25, 0.3) is 0 Å². The lowest BCUT2D eigenvalue weighted by atomic mass is 10.1. The third-order valence-electron chi connectivity index (χ3n) is 2.97. The fourth-order valence-corrected chi connectivity index (χ4v) is 3.44. The Hall–Kier alpha value is -0.600. The Bertz CT molecular complexity index is 325. The van der Waals surface area contributed by atoms with Gasteiger partial charge in [0.1, 0.15) is 0 Å². The highest BCUT2D eigenvalue weighted by Gasteiger charge is 2.23. The lowest BCUT2D eigenvalue weighted by Crippen LogP contribution is -2.35. The van der Waals surface area contributed by atoms with Crippen molar-refractivity contribution in [2.45, 2.75) is 70.5 Å². The van der Waals surface area contributed by atoms with E-state index in [2.05, 4.69) is 18.6 Å². The van der Waals surface area contributed by atoms with E-state index in [0.717, 1.165) is 38.5 Å². The normalized spacial score (nSPS) is 11.7. The first-order chi connectivity index (χ1) is 8.58. The zero-order chi connectivity index (χ0) is 13.9. The van der Waals surface area contributed by atoms with E-state index >= 15 is 0 Å². The smallest absolute Gasteiger partial charge is 0.214 e. The first kappa shape index (κ1) is 17.4. The molecule has 0 saturated heterocycles. The van der Waals surface area contributed by atoms with Gasteiger partial charge in [-0.3, -0.25) is 0 Å². The van der Waals surface area contributed by atoms with Gasteiger partial charge >= 0.3 is 0 Å². The average molecular weight is 274 g/mol. The summed E-state index contributed by atoms with van der Waals surface area (Å²) in [6.45, 7) is 4.53. The van der Waals surface area contributed by atoms with Crippen molar-refractivity contribution in [1.29, 1.82) is 5.26 Å². The molecule has 0 atom stereocenters. The van der Waals surface area contributed by atoms with Crippen LogP contribution < -0.4 is 4.72 Å². The van der Waals surface area contributed by atoms with Crippen molar-refractivity contribution >= 4 is 10.0 Å². The van der Waals surface area contributed by atoms with Crippen molar-refractivity contribution < 1.29 is 8.42 Å². The van der Waals surface area contributed by atoms with E-state index in [1.807, 2.05) is 6.07 Å². The fraction of sp³-hybridized carbons (Fsp3) is 0.923. The summed E-state index contributed by atoms with van der Waals surface area (Å²) in [6, 6.07) is 2.02. The van der Waals surface area contributed by atoms with Crippen molar-refractivity contribution in [3.05, 3.63) is 0 Å². The summed E-state index contributed by atoms with van der Waals surface area (Å²) in [6.07, 6.45) is 6.41. The van der Waals surface area contributed by atoms with E-state index in [9.17, 15) is 8.42 Å². The minimum absolute atomic E-state index is 0.264. The third-order valence-corrected chi connectivity index (χ3v) is 4.92. The Morgan fingerprint density at radius 3 is 2.11 bits per heavy atom. The Kier molecular flexibility index (Phi) is 9.99. The first-order valence-electron chi connectivity index (χ1n) is 6.93. The molecule has 0 aliphatic heterocycles. The molecule has 0 aromatic rings. The van der Waals surface area contributed by atoms with Crippen LogP contribution in [-0.2, 0) is 10.0 Å². The second-order valence-corrected chi connectivity index (χ2v) is 6.65. The molecule has 0 aliphatic rings.